The van der Waals surface area contributed by atoms with Gasteiger partial charge in [-0.1, -0.05) is 60.1 Å². The van der Waals surface area contributed by atoms with Crippen LogP contribution in [0.5, 0.6) is 0 Å². The Morgan fingerprint density at radius 1 is 1.05 bits per heavy atom. The molecule has 0 radical (unpaired) electrons. The van der Waals surface area contributed by atoms with Gasteiger partial charge in [-0.3, -0.25) is 4.90 Å². The lowest BCUT2D eigenvalue weighted by Gasteiger charge is -2.42. The number of ether oxygens (including phenoxy) is 2. The van der Waals surface area contributed by atoms with Crippen molar-refractivity contribution < 1.29 is 27.1 Å². The van der Waals surface area contributed by atoms with Gasteiger partial charge >= 0.3 is 6.09 Å². The van der Waals surface area contributed by atoms with Crippen LogP contribution in [0.15, 0.2) is 71.6 Å². The van der Waals surface area contributed by atoms with Crippen molar-refractivity contribution in [3.63, 3.8) is 0 Å². The molecule has 1 aliphatic carbocycles. The number of sulfone groups is 1. The number of allylic oxidation sites excluding steroid dienone is 2. The molecule has 196 valence electrons. The third-order valence-corrected chi connectivity index (χ3v) is 9.39. The second kappa shape index (κ2) is 9.44. The summed E-state index contributed by atoms with van der Waals surface area (Å²) in [6.07, 6.45) is 2.10. The lowest BCUT2D eigenvalue weighted by Crippen LogP contribution is -2.56. The highest BCUT2D eigenvalue weighted by Crippen LogP contribution is 2.62. The maximum absolute atomic E-state index is 13.5. The molecular formula is C29H29NO6SSi. The van der Waals surface area contributed by atoms with E-state index in [9.17, 15) is 13.2 Å². The van der Waals surface area contributed by atoms with Crippen LogP contribution in [0, 0.1) is 23.7 Å². The Morgan fingerprint density at radius 3 is 2.47 bits per heavy atom. The van der Waals surface area contributed by atoms with Crippen LogP contribution < -0.4 is 4.90 Å². The van der Waals surface area contributed by atoms with Crippen molar-refractivity contribution >= 4 is 29.9 Å². The first-order valence-corrected chi connectivity index (χ1v) is 17.4. The maximum atomic E-state index is 13.5. The summed E-state index contributed by atoms with van der Waals surface area (Å²) in [5.74, 6) is 12.1. The van der Waals surface area contributed by atoms with Crippen LogP contribution in [-0.4, -0.2) is 52.9 Å². The van der Waals surface area contributed by atoms with Gasteiger partial charge in [0.15, 0.2) is 29.4 Å². The molecule has 9 heteroatoms. The van der Waals surface area contributed by atoms with E-state index in [1.165, 1.54) is 17.0 Å². The van der Waals surface area contributed by atoms with Gasteiger partial charge in [0.2, 0.25) is 0 Å². The summed E-state index contributed by atoms with van der Waals surface area (Å²) in [6, 6.07) is 14.9. The van der Waals surface area contributed by atoms with E-state index in [0.29, 0.717) is 5.69 Å². The summed E-state index contributed by atoms with van der Waals surface area (Å²) < 4.78 is 44.0. The van der Waals surface area contributed by atoms with Crippen LogP contribution in [0.4, 0.5) is 10.5 Å². The molecule has 0 saturated carbocycles. The Balaban J connectivity index is 1.49. The number of rotatable bonds is 6. The first-order valence-electron chi connectivity index (χ1n) is 12.4. The van der Waals surface area contributed by atoms with Crippen LogP contribution in [0.1, 0.15) is 12.5 Å². The van der Waals surface area contributed by atoms with Crippen molar-refractivity contribution in [2.75, 3.05) is 17.3 Å². The van der Waals surface area contributed by atoms with E-state index in [2.05, 4.69) is 43.3 Å². The van der Waals surface area contributed by atoms with Gasteiger partial charge in [-0.05, 0) is 56.9 Å². The molecule has 38 heavy (non-hydrogen) atoms. The number of para-hydroxylation sites is 1. The average Bonchev–Trinajstić information content (AvgIpc) is 3.63. The molecule has 0 aromatic heterocycles. The van der Waals surface area contributed by atoms with Gasteiger partial charge < -0.3 is 13.9 Å². The maximum Gasteiger partial charge on any atom is 0.415 e. The number of carbonyl (C=O) groups excluding carboxylic acids is 1. The predicted molar refractivity (Wildman–Crippen MR) is 147 cm³/mol. The molecule has 3 aliphatic rings. The second-order valence-electron chi connectivity index (χ2n) is 10.5. The van der Waals surface area contributed by atoms with E-state index in [1.807, 2.05) is 31.2 Å². The molecule has 2 bridgehead atoms. The molecule has 2 aromatic rings. The van der Waals surface area contributed by atoms with Gasteiger partial charge in [0, 0.05) is 5.56 Å². The van der Waals surface area contributed by atoms with Crippen LogP contribution in [0.2, 0.25) is 19.6 Å². The Hall–Kier alpha value is -3.34. The lowest BCUT2D eigenvalue weighted by molar-refractivity contribution is 0.0430. The van der Waals surface area contributed by atoms with Crippen LogP contribution in [0.25, 0.3) is 0 Å². The zero-order valence-corrected chi connectivity index (χ0v) is 23.5. The summed E-state index contributed by atoms with van der Waals surface area (Å²) in [7, 11) is -5.69. The Labute approximate surface area is 224 Å². The van der Waals surface area contributed by atoms with E-state index in [-0.39, 0.29) is 17.3 Å². The van der Waals surface area contributed by atoms with Gasteiger partial charge in [0.25, 0.3) is 0 Å². The third kappa shape index (κ3) is 4.57. The third-order valence-electron chi connectivity index (χ3n) is 6.67. The van der Waals surface area contributed by atoms with Crippen LogP contribution >= 0.6 is 0 Å². The molecule has 1 amide bonds. The fourth-order valence-electron chi connectivity index (χ4n) is 5.20. The summed E-state index contributed by atoms with van der Waals surface area (Å²) >= 11 is 0. The molecule has 0 spiro atoms. The quantitative estimate of drug-likeness (QED) is 0.305. The number of hydrogen-bond donors (Lipinski definition) is 0. The van der Waals surface area contributed by atoms with E-state index < -0.39 is 47.6 Å². The minimum absolute atomic E-state index is 0.184. The SMILES string of the molecule is C[C@]1(O[Si](C)(C)C)C#C/C=C\C#C[C@@H]2[C@H]3O[C@@]31c1ccccc1N2C(=O)OCCS(=O)(=O)c1ccccc1. The molecule has 1 saturated heterocycles. The summed E-state index contributed by atoms with van der Waals surface area (Å²) in [6.45, 7) is 7.94. The minimum atomic E-state index is -3.61. The van der Waals surface area contributed by atoms with Gasteiger partial charge in [-0.15, -0.1) is 0 Å². The van der Waals surface area contributed by atoms with Crippen molar-refractivity contribution in [3.8, 4) is 23.7 Å². The number of hydrogen-bond acceptors (Lipinski definition) is 6. The summed E-state index contributed by atoms with van der Waals surface area (Å²) in [5, 5.41) is 0. The molecule has 2 aromatic carbocycles. The first-order chi connectivity index (χ1) is 18.0. The van der Waals surface area contributed by atoms with Crippen molar-refractivity contribution in [3.05, 3.63) is 72.3 Å². The van der Waals surface area contributed by atoms with Crippen molar-refractivity contribution in [2.24, 2.45) is 0 Å². The van der Waals surface area contributed by atoms with E-state index in [1.54, 1.807) is 30.4 Å². The highest BCUT2D eigenvalue weighted by Gasteiger charge is 2.75. The molecular weight excluding hydrogens is 518 g/mol. The smallest absolute Gasteiger partial charge is 0.415 e. The lowest BCUT2D eigenvalue weighted by atomic mass is 9.75. The standard InChI is InChI=1S/C29H29NO6SSi/c1-28(36-38(2,3)4)19-13-6-5-10-18-25-26-29(28,35-26)23-16-11-12-17-24(23)30(25)27(31)34-20-21-37(32,33)22-14-8-7-9-15-22/h5-9,11-12,14-17,25-26H,20-21H2,1-4H3/b6-5-/t25-,26-,28+,29+/m1/s1. The summed E-state index contributed by atoms with van der Waals surface area (Å²) in [4.78, 5) is 15.1. The molecule has 7 nitrogen and oxygen atoms in total. The number of amides is 1. The zero-order valence-electron chi connectivity index (χ0n) is 21.7. The van der Waals surface area contributed by atoms with Crippen molar-refractivity contribution in [1.29, 1.82) is 0 Å². The van der Waals surface area contributed by atoms with Crippen molar-refractivity contribution in [2.45, 2.75) is 54.8 Å². The molecule has 4 atom stereocenters. The molecule has 0 unspecified atom stereocenters. The molecule has 1 fully saturated rings. The van der Waals surface area contributed by atoms with E-state index in [0.717, 1.165) is 5.56 Å². The fraction of sp³-hybridized carbons (Fsp3) is 0.345. The van der Waals surface area contributed by atoms with Gasteiger partial charge in [-0.25, -0.2) is 13.2 Å². The monoisotopic (exact) mass is 547 g/mol. The largest absolute Gasteiger partial charge is 0.448 e. The highest BCUT2D eigenvalue weighted by atomic mass is 32.2. The Morgan fingerprint density at radius 2 is 1.74 bits per heavy atom. The number of carbonyl (C=O) groups is 1. The van der Waals surface area contributed by atoms with E-state index in [4.69, 9.17) is 13.9 Å². The fourth-order valence-corrected chi connectivity index (χ4v) is 7.74. The number of fused-ring (bicyclic) bond motifs is 1. The predicted octanol–water partition coefficient (Wildman–Crippen LogP) is 4.27. The van der Waals surface area contributed by atoms with Crippen LogP contribution in [0.3, 0.4) is 0 Å². The second-order valence-corrected chi connectivity index (χ2v) is 17.0. The Kier molecular flexibility index (Phi) is 6.53. The minimum Gasteiger partial charge on any atom is -0.448 e. The number of anilines is 1. The van der Waals surface area contributed by atoms with Crippen LogP contribution in [-0.2, 0) is 29.3 Å². The number of benzene rings is 2. The van der Waals surface area contributed by atoms with E-state index >= 15 is 0 Å². The number of epoxide rings is 1. The number of nitrogens with zero attached hydrogens (tertiary/aromatic N) is 1. The van der Waals surface area contributed by atoms with Gasteiger partial charge in [0.05, 0.1) is 16.3 Å². The molecule has 2 heterocycles. The van der Waals surface area contributed by atoms with Gasteiger partial charge in [-0.2, -0.15) is 0 Å². The summed E-state index contributed by atoms with van der Waals surface area (Å²) in [5.41, 5.74) is -0.571. The Bertz CT molecular complexity index is 1530. The highest BCUT2D eigenvalue weighted by molar-refractivity contribution is 7.91. The van der Waals surface area contributed by atoms with Crippen molar-refractivity contribution in [1.82, 2.24) is 0 Å². The average molecular weight is 548 g/mol. The molecule has 0 N–H and O–H groups in total. The zero-order chi connectivity index (χ0) is 27.2. The molecule has 5 rings (SSSR count). The molecule has 2 aliphatic heterocycles. The topological polar surface area (TPSA) is 85.4 Å². The van der Waals surface area contributed by atoms with Gasteiger partial charge in [0.1, 0.15) is 18.8 Å². The first kappa shape index (κ1) is 26.3. The normalized spacial score (nSPS) is 27.8.